The summed E-state index contributed by atoms with van der Waals surface area (Å²) in [4.78, 5) is 12.1. The highest BCUT2D eigenvalue weighted by Crippen LogP contribution is 2.50. The lowest BCUT2D eigenvalue weighted by atomic mass is 9.78. The first-order valence-electron chi connectivity index (χ1n) is 9.08. The van der Waals surface area contributed by atoms with Crippen molar-refractivity contribution in [1.29, 1.82) is 0 Å². The Bertz CT molecular complexity index is 652. The Labute approximate surface area is 165 Å². The molecule has 2 heterocycles. The number of aliphatic hydroxyl groups is 7. The van der Waals surface area contributed by atoms with Crippen LogP contribution in [0.15, 0.2) is 11.8 Å². The molecule has 1 saturated heterocycles. The van der Waals surface area contributed by atoms with Gasteiger partial charge in [0, 0.05) is 0 Å². The second-order valence-electron chi connectivity index (χ2n) is 7.51. The summed E-state index contributed by atoms with van der Waals surface area (Å²) in [5.74, 6) is -3.01. The second kappa shape index (κ2) is 8.06. The molecule has 3 rings (SSSR count). The van der Waals surface area contributed by atoms with Gasteiger partial charge in [0.1, 0.15) is 48.0 Å². The van der Waals surface area contributed by atoms with E-state index in [2.05, 4.69) is 4.74 Å². The number of methoxy groups -OCH3 is 1. The third-order valence-electron chi connectivity index (χ3n) is 5.95. The molecule has 12 heteroatoms. The van der Waals surface area contributed by atoms with E-state index in [4.69, 9.17) is 14.2 Å². The Balaban J connectivity index is 1.91. The van der Waals surface area contributed by atoms with E-state index >= 15 is 0 Å². The zero-order chi connectivity index (χ0) is 21.7. The quantitative estimate of drug-likeness (QED) is 0.217. The van der Waals surface area contributed by atoms with Crippen molar-refractivity contribution in [3.8, 4) is 0 Å². The normalized spacial score (nSPS) is 49.8. The van der Waals surface area contributed by atoms with E-state index in [1.54, 1.807) is 0 Å². The van der Waals surface area contributed by atoms with Crippen molar-refractivity contribution in [1.82, 2.24) is 0 Å². The molecule has 0 aromatic carbocycles. The monoisotopic (exact) mass is 422 g/mol. The van der Waals surface area contributed by atoms with Crippen molar-refractivity contribution >= 4 is 5.97 Å². The lowest BCUT2D eigenvalue weighted by molar-refractivity contribution is -0.347. The van der Waals surface area contributed by atoms with Crippen LogP contribution in [0.2, 0.25) is 0 Å². The molecule has 3 aliphatic rings. The summed E-state index contributed by atoms with van der Waals surface area (Å²) in [7, 11) is 1.07. The summed E-state index contributed by atoms with van der Waals surface area (Å²) in [6, 6.07) is 0. The smallest absolute Gasteiger partial charge is 0.339 e. The Kier molecular flexibility index (Phi) is 6.21. The van der Waals surface area contributed by atoms with Crippen molar-refractivity contribution in [2.75, 3.05) is 13.7 Å². The third-order valence-corrected chi connectivity index (χ3v) is 5.95. The van der Waals surface area contributed by atoms with Crippen LogP contribution < -0.4 is 0 Å². The zero-order valence-electron chi connectivity index (χ0n) is 15.7. The molecule has 2 fully saturated rings. The average molecular weight is 422 g/mol. The van der Waals surface area contributed by atoms with Crippen LogP contribution in [-0.4, -0.2) is 110 Å². The third kappa shape index (κ3) is 3.34. The van der Waals surface area contributed by atoms with E-state index in [1.165, 1.54) is 6.92 Å². The van der Waals surface area contributed by atoms with Crippen LogP contribution in [0.3, 0.4) is 0 Å². The Morgan fingerprint density at radius 2 is 1.76 bits per heavy atom. The van der Waals surface area contributed by atoms with Crippen molar-refractivity contribution in [2.24, 2.45) is 11.8 Å². The number of carbonyl (C=O) groups excluding carboxylic acids is 1. The highest BCUT2D eigenvalue weighted by atomic mass is 16.8. The summed E-state index contributed by atoms with van der Waals surface area (Å²) >= 11 is 0. The predicted octanol–water partition coefficient (Wildman–Crippen LogP) is -4.07. The number of esters is 1. The predicted molar refractivity (Wildman–Crippen MR) is 89.4 cm³/mol. The molecule has 166 valence electrons. The molecular formula is C17H26O12. The van der Waals surface area contributed by atoms with E-state index in [-0.39, 0.29) is 0 Å². The van der Waals surface area contributed by atoms with Crippen molar-refractivity contribution < 1.29 is 59.5 Å². The molecule has 0 aromatic rings. The lowest BCUT2D eigenvalue weighted by Gasteiger charge is -2.45. The maximum atomic E-state index is 12.1. The van der Waals surface area contributed by atoms with E-state index in [9.17, 15) is 40.5 Å². The lowest BCUT2D eigenvalue weighted by Crippen LogP contribution is -2.61. The van der Waals surface area contributed by atoms with Crippen molar-refractivity contribution in [2.45, 2.75) is 61.7 Å². The fourth-order valence-corrected chi connectivity index (χ4v) is 4.22. The molecule has 0 radical (unpaired) electrons. The topological polar surface area (TPSA) is 196 Å². The fourth-order valence-electron chi connectivity index (χ4n) is 4.22. The average Bonchev–Trinajstić information content (AvgIpc) is 2.88. The molecule has 29 heavy (non-hydrogen) atoms. The molecule has 0 unspecified atom stereocenters. The SMILES string of the molecule is COC(=O)C1=CO[C@@H](O[C@H]2O[C@@H](CO)[C@@H](O)[C@@H](O)[C@H]2O)[C@@H]2[C@@H](C)[C@@H](O)[C@@H](O)[C@@]12O. The minimum absolute atomic E-state index is 0.422. The van der Waals surface area contributed by atoms with Gasteiger partial charge < -0.3 is 54.7 Å². The highest BCUT2D eigenvalue weighted by molar-refractivity contribution is 5.91. The van der Waals surface area contributed by atoms with Gasteiger partial charge in [0.05, 0.1) is 25.7 Å². The number of aliphatic hydroxyl groups excluding tert-OH is 6. The van der Waals surface area contributed by atoms with E-state index < -0.39 is 84.8 Å². The summed E-state index contributed by atoms with van der Waals surface area (Å²) in [5.41, 5.74) is -2.71. The van der Waals surface area contributed by atoms with Gasteiger partial charge in [-0.25, -0.2) is 4.79 Å². The first-order chi connectivity index (χ1) is 13.6. The summed E-state index contributed by atoms with van der Waals surface area (Å²) in [6.45, 7) is 0.813. The van der Waals surface area contributed by atoms with Crippen molar-refractivity contribution in [3.63, 3.8) is 0 Å². The van der Waals surface area contributed by atoms with Crippen LogP contribution in [0.1, 0.15) is 6.92 Å². The number of hydrogen-bond acceptors (Lipinski definition) is 12. The van der Waals surface area contributed by atoms with Gasteiger partial charge in [-0.15, -0.1) is 0 Å². The van der Waals surface area contributed by atoms with Gasteiger partial charge in [0.25, 0.3) is 0 Å². The maximum absolute atomic E-state index is 12.1. The fraction of sp³-hybridized carbons (Fsp3) is 0.824. The molecule has 0 amide bonds. The zero-order valence-corrected chi connectivity index (χ0v) is 15.7. The minimum Gasteiger partial charge on any atom is -0.471 e. The first-order valence-corrected chi connectivity index (χ1v) is 9.08. The molecule has 0 bridgehead atoms. The first kappa shape index (κ1) is 22.3. The molecule has 1 aliphatic carbocycles. The van der Waals surface area contributed by atoms with E-state index in [0.29, 0.717) is 0 Å². The van der Waals surface area contributed by atoms with Crippen LogP contribution in [-0.2, 0) is 23.7 Å². The van der Waals surface area contributed by atoms with Gasteiger partial charge >= 0.3 is 5.97 Å². The summed E-state index contributed by atoms with van der Waals surface area (Å²) in [5, 5.41) is 71.1. The standard InChI is InChI=1S/C17H26O12/c1-5-8-15(29-16-12(22)11(21)10(20)7(3-18)28-16)27-4-6(14(24)26-2)17(8,25)13(23)9(5)19/h4-5,7-13,15-16,18-23,25H,3H2,1-2H3/t5-,7+,8+,9-,10-,11-,12-,13-,15+,16-,17-/m1/s1. The molecule has 0 aromatic heterocycles. The molecule has 0 spiro atoms. The number of ether oxygens (including phenoxy) is 4. The van der Waals surface area contributed by atoms with Gasteiger partial charge in [0.15, 0.2) is 6.29 Å². The van der Waals surface area contributed by atoms with Crippen LogP contribution in [0.5, 0.6) is 0 Å². The van der Waals surface area contributed by atoms with E-state index in [1.807, 2.05) is 0 Å². The summed E-state index contributed by atoms with van der Waals surface area (Å²) < 4.78 is 20.8. The van der Waals surface area contributed by atoms with Gasteiger partial charge in [-0.05, 0) is 5.92 Å². The maximum Gasteiger partial charge on any atom is 0.339 e. The Morgan fingerprint density at radius 1 is 1.10 bits per heavy atom. The van der Waals surface area contributed by atoms with Gasteiger partial charge in [-0.3, -0.25) is 0 Å². The van der Waals surface area contributed by atoms with Crippen LogP contribution in [0.25, 0.3) is 0 Å². The molecule has 7 N–H and O–H groups in total. The number of hydrogen-bond donors (Lipinski definition) is 7. The Morgan fingerprint density at radius 3 is 2.34 bits per heavy atom. The number of carbonyl (C=O) groups is 1. The van der Waals surface area contributed by atoms with Crippen LogP contribution in [0.4, 0.5) is 0 Å². The number of fused-ring (bicyclic) bond motifs is 1. The van der Waals surface area contributed by atoms with Gasteiger partial charge in [-0.2, -0.15) is 0 Å². The summed E-state index contributed by atoms with van der Waals surface area (Å²) in [6.07, 6.45) is -11.7. The molecule has 1 saturated carbocycles. The largest absolute Gasteiger partial charge is 0.471 e. The minimum atomic E-state index is -2.29. The van der Waals surface area contributed by atoms with Crippen LogP contribution >= 0.6 is 0 Å². The van der Waals surface area contributed by atoms with Crippen molar-refractivity contribution in [3.05, 3.63) is 11.8 Å². The Hall–Kier alpha value is -1.35. The van der Waals surface area contributed by atoms with E-state index in [0.717, 1.165) is 13.4 Å². The number of rotatable bonds is 4. The molecule has 2 aliphatic heterocycles. The highest BCUT2D eigenvalue weighted by Gasteiger charge is 2.66. The van der Waals surface area contributed by atoms with Gasteiger partial charge in [-0.1, -0.05) is 6.92 Å². The molecule has 11 atom stereocenters. The molecular weight excluding hydrogens is 396 g/mol. The van der Waals surface area contributed by atoms with Crippen LogP contribution in [0, 0.1) is 11.8 Å². The second-order valence-corrected chi connectivity index (χ2v) is 7.51. The van der Waals surface area contributed by atoms with Gasteiger partial charge in [0.2, 0.25) is 6.29 Å². The molecule has 12 nitrogen and oxygen atoms in total.